The Balaban J connectivity index is 0.00000326. The smallest absolute Gasteiger partial charge is 0.119 e. The van der Waals surface area contributed by atoms with Crippen LogP contribution in [0.1, 0.15) is 115 Å². The molecule has 1 aromatic rings. The zero-order valence-corrected chi connectivity index (χ0v) is 18.1. The van der Waals surface area contributed by atoms with Crippen molar-refractivity contribution in [3.8, 4) is 5.75 Å². The fourth-order valence-electron chi connectivity index (χ4n) is 3.68. The van der Waals surface area contributed by atoms with Crippen LogP contribution < -0.4 is 0 Å². The number of phenolic OH excluding ortho intramolecular Hbond substituents is 1. The van der Waals surface area contributed by atoms with Crippen LogP contribution in [0.3, 0.4) is 0 Å². The van der Waals surface area contributed by atoms with E-state index in [4.69, 9.17) is 4.79 Å². The summed E-state index contributed by atoms with van der Waals surface area (Å²) in [6, 6.07) is 6.11. The van der Waals surface area contributed by atoms with Crippen molar-refractivity contribution < 1.29 is 9.90 Å². The van der Waals surface area contributed by atoms with Crippen LogP contribution in [0.4, 0.5) is 0 Å². The minimum absolute atomic E-state index is 0.520. The van der Waals surface area contributed by atoms with E-state index in [1.807, 2.05) is 18.9 Å². The van der Waals surface area contributed by atoms with Gasteiger partial charge >= 0.3 is 0 Å². The standard InChI is InChI=1S/C24H42O.CH2O/c1-3-5-7-9-11-13-15-18-22-19-17-21-24(25)23(22)20-16-14-12-10-8-6-4-2;1-2/h17,19,21,25H,3-16,18,20H2,1-2H3;1H2. The van der Waals surface area contributed by atoms with Crippen molar-refractivity contribution in [3.63, 3.8) is 0 Å². The van der Waals surface area contributed by atoms with E-state index in [1.54, 1.807) is 0 Å². The highest BCUT2D eigenvalue weighted by molar-refractivity contribution is 5.39. The summed E-state index contributed by atoms with van der Waals surface area (Å²) in [5.41, 5.74) is 2.61. The van der Waals surface area contributed by atoms with Gasteiger partial charge in [-0.15, -0.1) is 0 Å². The summed E-state index contributed by atoms with van der Waals surface area (Å²) < 4.78 is 0. The average Bonchev–Trinajstić information content (AvgIpc) is 2.69. The summed E-state index contributed by atoms with van der Waals surface area (Å²) in [5, 5.41) is 10.3. The summed E-state index contributed by atoms with van der Waals surface area (Å²) in [7, 11) is 0. The molecule has 0 heterocycles. The number of carbonyl (C=O) groups is 1. The molecule has 0 amide bonds. The summed E-state index contributed by atoms with van der Waals surface area (Å²) in [4.78, 5) is 8.00. The van der Waals surface area contributed by atoms with E-state index >= 15 is 0 Å². The number of hydrogen-bond acceptors (Lipinski definition) is 2. The van der Waals surface area contributed by atoms with Crippen LogP contribution in [0.2, 0.25) is 0 Å². The quantitative estimate of drug-likeness (QED) is 0.299. The van der Waals surface area contributed by atoms with Gasteiger partial charge in [0.15, 0.2) is 0 Å². The predicted octanol–water partition coefficient (Wildman–Crippen LogP) is 7.79. The van der Waals surface area contributed by atoms with Crippen LogP contribution in [0, 0.1) is 0 Å². The first-order chi connectivity index (χ1) is 13.3. The third kappa shape index (κ3) is 13.5. The van der Waals surface area contributed by atoms with E-state index in [9.17, 15) is 5.11 Å². The van der Waals surface area contributed by atoms with Crippen LogP contribution >= 0.6 is 0 Å². The Morgan fingerprint density at radius 3 is 1.63 bits per heavy atom. The second-order valence-electron chi connectivity index (χ2n) is 7.66. The van der Waals surface area contributed by atoms with Gasteiger partial charge in [0, 0.05) is 0 Å². The summed E-state index contributed by atoms with van der Waals surface area (Å²) in [6.07, 6.45) is 21.0. The molecule has 1 rings (SSSR count). The molecule has 0 fully saturated rings. The van der Waals surface area contributed by atoms with Gasteiger partial charge in [0.05, 0.1) is 0 Å². The highest BCUT2D eigenvalue weighted by Gasteiger charge is 2.07. The van der Waals surface area contributed by atoms with E-state index in [0.717, 1.165) is 12.8 Å². The normalized spacial score (nSPS) is 10.4. The molecule has 0 aromatic heterocycles. The van der Waals surface area contributed by atoms with Crippen molar-refractivity contribution in [2.24, 2.45) is 0 Å². The van der Waals surface area contributed by atoms with Gasteiger partial charge in [0.25, 0.3) is 0 Å². The lowest BCUT2D eigenvalue weighted by atomic mass is 9.95. The van der Waals surface area contributed by atoms with Crippen molar-refractivity contribution in [1.82, 2.24) is 0 Å². The van der Waals surface area contributed by atoms with E-state index in [0.29, 0.717) is 5.75 Å². The molecule has 0 saturated carbocycles. The molecule has 27 heavy (non-hydrogen) atoms. The van der Waals surface area contributed by atoms with Crippen molar-refractivity contribution in [2.45, 2.75) is 117 Å². The zero-order valence-electron chi connectivity index (χ0n) is 18.1. The number of aromatic hydroxyl groups is 1. The van der Waals surface area contributed by atoms with Crippen LogP contribution in [0.5, 0.6) is 5.75 Å². The Bertz CT molecular complexity index is 442. The van der Waals surface area contributed by atoms with E-state index in [-0.39, 0.29) is 0 Å². The first-order valence-corrected chi connectivity index (χ1v) is 11.4. The molecule has 1 aromatic carbocycles. The Kier molecular flexibility index (Phi) is 18.5. The van der Waals surface area contributed by atoms with E-state index < -0.39 is 0 Å². The molecule has 2 nitrogen and oxygen atoms in total. The van der Waals surface area contributed by atoms with Gasteiger partial charge in [-0.1, -0.05) is 103 Å². The third-order valence-electron chi connectivity index (χ3n) is 5.33. The fourth-order valence-corrected chi connectivity index (χ4v) is 3.68. The molecule has 0 unspecified atom stereocenters. The minimum atomic E-state index is 0.520. The molecule has 0 atom stereocenters. The lowest BCUT2D eigenvalue weighted by Gasteiger charge is -2.12. The topological polar surface area (TPSA) is 37.3 Å². The van der Waals surface area contributed by atoms with Crippen molar-refractivity contribution in [3.05, 3.63) is 29.3 Å². The van der Waals surface area contributed by atoms with Gasteiger partial charge in [-0.25, -0.2) is 0 Å². The molecule has 0 bridgehead atoms. The van der Waals surface area contributed by atoms with Crippen LogP contribution in [-0.2, 0) is 17.6 Å². The summed E-state index contributed by atoms with van der Waals surface area (Å²) >= 11 is 0. The van der Waals surface area contributed by atoms with Gasteiger partial charge in [-0.05, 0) is 42.9 Å². The second-order valence-corrected chi connectivity index (χ2v) is 7.66. The van der Waals surface area contributed by atoms with Gasteiger partial charge in [0.2, 0.25) is 0 Å². The molecule has 0 saturated heterocycles. The first kappa shape index (κ1) is 25.7. The second kappa shape index (κ2) is 19.5. The highest BCUT2D eigenvalue weighted by atomic mass is 16.3. The third-order valence-corrected chi connectivity index (χ3v) is 5.33. The Hall–Kier alpha value is -1.31. The number of carbonyl (C=O) groups excluding carboxylic acids is 1. The largest absolute Gasteiger partial charge is 0.508 e. The molecule has 0 radical (unpaired) electrons. The summed E-state index contributed by atoms with van der Waals surface area (Å²) in [6.45, 7) is 6.54. The first-order valence-electron chi connectivity index (χ1n) is 11.4. The number of unbranched alkanes of at least 4 members (excludes halogenated alkanes) is 12. The van der Waals surface area contributed by atoms with Gasteiger partial charge in [0.1, 0.15) is 12.5 Å². The molecule has 156 valence electrons. The maximum absolute atomic E-state index is 10.3. The SMILES string of the molecule is C=O.CCCCCCCCCc1cccc(O)c1CCCCCCCCC. The highest BCUT2D eigenvalue weighted by Crippen LogP contribution is 2.25. The van der Waals surface area contributed by atoms with Crippen LogP contribution in [-0.4, -0.2) is 11.9 Å². The molecular weight excluding hydrogens is 332 g/mol. The lowest BCUT2D eigenvalue weighted by molar-refractivity contribution is -0.0979. The maximum Gasteiger partial charge on any atom is 0.119 e. The number of aryl methyl sites for hydroxylation is 1. The molecule has 0 aliphatic rings. The number of rotatable bonds is 16. The van der Waals surface area contributed by atoms with Gasteiger partial charge < -0.3 is 9.90 Å². The number of phenols is 1. The number of hydrogen-bond donors (Lipinski definition) is 1. The van der Waals surface area contributed by atoms with Crippen molar-refractivity contribution in [2.75, 3.05) is 0 Å². The monoisotopic (exact) mass is 376 g/mol. The Morgan fingerprint density at radius 1 is 0.667 bits per heavy atom. The Labute approximate surface area is 168 Å². The average molecular weight is 377 g/mol. The van der Waals surface area contributed by atoms with Crippen LogP contribution in [0.15, 0.2) is 18.2 Å². The van der Waals surface area contributed by atoms with Crippen molar-refractivity contribution >= 4 is 6.79 Å². The Morgan fingerprint density at radius 2 is 1.11 bits per heavy atom. The lowest BCUT2D eigenvalue weighted by Crippen LogP contribution is -1.96. The molecule has 1 N–H and O–H groups in total. The number of benzene rings is 1. The molecule has 2 heteroatoms. The van der Waals surface area contributed by atoms with Crippen LogP contribution in [0.25, 0.3) is 0 Å². The van der Waals surface area contributed by atoms with E-state index in [1.165, 1.54) is 101 Å². The molecule has 0 aliphatic carbocycles. The molecular formula is C25H44O2. The maximum atomic E-state index is 10.3. The molecule has 0 spiro atoms. The molecule has 0 aliphatic heterocycles. The van der Waals surface area contributed by atoms with Crippen molar-refractivity contribution in [1.29, 1.82) is 0 Å². The van der Waals surface area contributed by atoms with Gasteiger partial charge in [-0.3, -0.25) is 0 Å². The van der Waals surface area contributed by atoms with E-state index in [2.05, 4.69) is 19.9 Å². The fraction of sp³-hybridized carbons (Fsp3) is 0.720. The zero-order chi connectivity index (χ0) is 20.2. The summed E-state index contributed by atoms with van der Waals surface area (Å²) in [5.74, 6) is 0.520. The van der Waals surface area contributed by atoms with Gasteiger partial charge in [-0.2, -0.15) is 0 Å². The predicted molar refractivity (Wildman–Crippen MR) is 119 cm³/mol. The minimum Gasteiger partial charge on any atom is -0.508 e.